The van der Waals surface area contributed by atoms with Gasteiger partial charge in [-0.05, 0) is 42.5 Å². The largest absolute Gasteiger partial charge is 0.493 e. The van der Waals surface area contributed by atoms with Crippen LogP contribution in [-0.2, 0) is 0 Å². The number of nitrogens with one attached hydrogen (secondary N) is 1. The lowest BCUT2D eigenvalue weighted by Crippen LogP contribution is -2.08. The second-order valence-corrected chi connectivity index (χ2v) is 6.70. The van der Waals surface area contributed by atoms with E-state index >= 15 is 0 Å². The maximum atomic E-state index is 13.7. The number of carbonyl (C=O) groups is 1. The van der Waals surface area contributed by atoms with Crippen LogP contribution in [0, 0.1) is 0 Å². The molecular weight excluding hydrogens is 410 g/mol. The molecule has 4 rings (SSSR count). The number of hydrogen-bond acceptors (Lipinski definition) is 8. The average Bonchev–Trinajstić information content (AvgIpc) is 3.38. The lowest BCUT2D eigenvalue weighted by Gasteiger charge is -2.15. The van der Waals surface area contributed by atoms with Gasteiger partial charge in [-0.3, -0.25) is 9.78 Å². The SMILES string of the molecule is COc1cc(C(=O)c2cc(-c3ccco3)ccc2Nc2cnccn2)cc(OC)c1OC. The molecule has 0 saturated carbocycles. The van der Waals surface area contributed by atoms with Crippen molar-refractivity contribution in [1.29, 1.82) is 0 Å². The van der Waals surface area contributed by atoms with Crippen LogP contribution < -0.4 is 19.5 Å². The molecule has 0 spiro atoms. The fraction of sp³-hybridized carbons (Fsp3) is 0.125. The Labute approximate surface area is 184 Å². The summed E-state index contributed by atoms with van der Waals surface area (Å²) in [6, 6.07) is 12.3. The smallest absolute Gasteiger partial charge is 0.203 e. The minimum absolute atomic E-state index is 0.246. The van der Waals surface area contributed by atoms with Gasteiger partial charge in [-0.1, -0.05) is 0 Å². The molecule has 0 atom stereocenters. The Morgan fingerprint density at radius 3 is 2.34 bits per heavy atom. The summed E-state index contributed by atoms with van der Waals surface area (Å²) in [5.41, 5.74) is 2.12. The van der Waals surface area contributed by atoms with Crippen molar-refractivity contribution in [3.05, 3.63) is 78.4 Å². The summed E-state index contributed by atoms with van der Waals surface area (Å²) in [6.07, 6.45) is 6.31. The Kier molecular flexibility index (Phi) is 6.03. The number of anilines is 2. The third-order valence-electron chi connectivity index (χ3n) is 4.82. The summed E-state index contributed by atoms with van der Waals surface area (Å²) in [5.74, 6) is 2.10. The van der Waals surface area contributed by atoms with Gasteiger partial charge in [0.1, 0.15) is 11.6 Å². The van der Waals surface area contributed by atoms with Crippen LogP contribution in [0.25, 0.3) is 11.3 Å². The lowest BCUT2D eigenvalue weighted by molar-refractivity contribution is 0.103. The molecule has 2 heterocycles. The molecule has 0 aliphatic rings. The van der Waals surface area contributed by atoms with Crippen molar-refractivity contribution in [2.45, 2.75) is 0 Å². The molecule has 32 heavy (non-hydrogen) atoms. The molecule has 1 N–H and O–H groups in total. The Balaban J connectivity index is 1.83. The van der Waals surface area contributed by atoms with E-state index in [0.29, 0.717) is 45.6 Å². The number of ether oxygens (including phenoxy) is 3. The number of benzene rings is 2. The van der Waals surface area contributed by atoms with Crippen LogP contribution in [0.15, 0.2) is 71.7 Å². The van der Waals surface area contributed by atoms with E-state index in [4.69, 9.17) is 18.6 Å². The molecule has 0 amide bonds. The van der Waals surface area contributed by atoms with Gasteiger partial charge in [-0.2, -0.15) is 0 Å². The van der Waals surface area contributed by atoms with Crippen molar-refractivity contribution in [3.8, 4) is 28.6 Å². The first-order valence-electron chi connectivity index (χ1n) is 9.70. The van der Waals surface area contributed by atoms with Crippen molar-refractivity contribution in [3.63, 3.8) is 0 Å². The highest BCUT2D eigenvalue weighted by Gasteiger charge is 2.21. The summed E-state index contributed by atoms with van der Waals surface area (Å²) >= 11 is 0. The van der Waals surface area contributed by atoms with Gasteiger partial charge in [0.05, 0.1) is 39.5 Å². The highest BCUT2D eigenvalue weighted by molar-refractivity contribution is 6.13. The zero-order valence-corrected chi connectivity index (χ0v) is 17.8. The van der Waals surface area contributed by atoms with Crippen molar-refractivity contribution in [2.24, 2.45) is 0 Å². The molecule has 0 saturated heterocycles. The van der Waals surface area contributed by atoms with Gasteiger partial charge in [0.15, 0.2) is 17.3 Å². The fourth-order valence-corrected chi connectivity index (χ4v) is 3.31. The molecule has 0 fully saturated rings. The molecule has 2 aromatic carbocycles. The van der Waals surface area contributed by atoms with Crippen molar-refractivity contribution >= 4 is 17.3 Å². The van der Waals surface area contributed by atoms with E-state index < -0.39 is 0 Å². The van der Waals surface area contributed by atoms with Crippen LogP contribution in [0.3, 0.4) is 0 Å². The molecule has 4 aromatic rings. The van der Waals surface area contributed by atoms with E-state index in [2.05, 4.69) is 15.3 Å². The Morgan fingerprint density at radius 2 is 1.75 bits per heavy atom. The number of furan rings is 1. The summed E-state index contributed by atoms with van der Waals surface area (Å²) < 4.78 is 21.7. The molecular formula is C24H21N3O5. The molecule has 0 aliphatic carbocycles. The number of carbonyl (C=O) groups excluding carboxylic acids is 1. The predicted molar refractivity (Wildman–Crippen MR) is 119 cm³/mol. The van der Waals surface area contributed by atoms with Gasteiger partial charge in [0.25, 0.3) is 0 Å². The number of hydrogen-bond donors (Lipinski definition) is 1. The van der Waals surface area contributed by atoms with Gasteiger partial charge in [-0.25, -0.2) is 4.98 Å². The minimum Gasteiger partial charge on any atom is -0.493 e. The first-order chi connectivity index (χ1) is 15.6. The topological polar surface area (TPSA) is 95.7 Å². The molecule has 0 aliphatic heterocycles. The first-order valence-corrected chi connectivity index (χ1v) is 9.70. The molecule has 0 radical (unpaired) electrons. The summed E-state index contributed by atoms with van der Waals surface area (Å²) in [5, 5.41) is 3.16. The second-order valence-electron chi connectivity index (χ2n) is 6.70. The van der Waals surface area contributed by atoms with E-state index in [9.17, 15) is 4.79 Å². The van der Waals surface area contributed by atoms with Gasteiger partial charge < -0.3 is 23.9 Å². The van der Waals surface area contributed by atoms with Gasteiger partial charge in [0.2, 0.25) is 5.75 Å². The van der Waals surface area contributed by atoms with Crippen LogP contribution in [-0.4, -0.2) is 37.1 Å². The molecule has 2 aromatic heterocycles. The maximum Gasteiger partial charge on any atom is 0.203 e. The van der Waals surface area contributed by atoms with Crippen LogP contribution >= 0.6 is 0 Å². The van der Waals surface area contributed by atoms with Crippen LogP contribution in [0.4, 0.5) is 11.5 Å². The van der Waals surface area contributed by atoms with E-state index in [-0.39, 0.29) is 5.78 Å². The molecule has 0 bridgehead atoms. The van der Waals surface area contributed by atoms with Crippen LogP contribution in [0.5, 0.6) is 17.2 Å². The van der Waals surface area contributed by atoms with Gasteiger partial charge >= 0.3 is 0 Å². The van der Waals surface area contributed by atoms with E-state index in [0.717, 1.165) is 5.56 Å². The number of aromatic nitrogens is 2. The van der Waals surface area contributed by atoms with Crippen molar-refractivity contribution in [1.82, 2.24) is 9.97 Å². The van der Waals surface area contributed by atoms with E-state index in [1.807, 2.05) is 12.1 Å². The van der Waals surface area contributed by atoms with Crippen molar-refractivity contribution in [2.75, 3.05) is 26.6 Å². The Morgan fingerprint density at radius 1 is 0.969 bits per heavy atom. The number of rotatable bonds is 8. The lowest BCUT2D eigenvalue weighted by atomic mass is 9.98. The minimum atomic E-state index is -0.246. The predicted octanol–water partition coefficient (Wildman–Crippen LogP) is 4.74. The van der Waals surface area contributed by atoms with Gasteiger partial charge in [-0.15, -0.1) is 0 Å². The standard InChI is InChI=1S/C24H21N3O5/c1-29-20-12-16(13-21(30-2)24(20)31-3)23(28)17-11-15(19-5-4-10-32-19)6-7-18(17)27-22-14-25-8-9-26-22/h4-14H,1-3H3,(H,26,27). The number of ketones is 1. The maximum absolute atomic E-state index is 13.7. The molecule has 0 unspecified atom stereocenters. The highest BCUT2D eigenvalue weighted by Crippen LogP contribution is 2.39. The zero-order valence-electron chi connectivity index (χ0n) is 17.8. The van der Waals surface area contributed by atoms with Crippen LogP contribution in [0.1, 0.15) is 15.9 Å². The van der Waals surface area contributed by atoms with E-state index in [1.165, 1.54) is 21.3 Å². The highest BCUT2D eigenvalue weighted by atomic mass is 16.5. The zero-order chi connectivity index (χ0) is 22.5. The number of methoxy groups -OCH3 is 3. The monoisotopic (exact) mass is 431 g/mol. The molecule has 8 nitrogen and oxygen atoms in total. The van der Waals surface area contributed by atoms with Crippen LogP contribution in [0.2, 0.25) is 0 Å². The normalized spacial score (nSPS) is 10.5. The van der Waals surface area contributed by atoms with Gasteiger partial charge in [0, 0.05) is 29.1 Å². The van der Waals surface area contributed by atoms with E-state index in [1.54, 1.807) is 55.2 Å². The summed E-state index contributed by atoms with van der Waals surface area (Å²) in [4.78, 5) is 22.0. The third kappa shape index (κ3) is 4.11. The average molecular weight is 431 g/mol. The quantitative estimate of drug-likeness (QED) is 0.400. The third-order valence-corrected chi connectivity index (χ3v) is 4.82. The number of nitrogens with zero attached hydrogens (tertiary/aromatic N) is 2. The summed E-state index contributed by atoms with van der Waals surface area (Å²) in [6.45, 7) is 0. The summed E-state index contributed by atoms with van der Waals surface area (Å²) in [7, 11) is 4.52. The Hall–Kier alpha value is -4.33. The second kappa shape index (κ2) is 9.22. The molecule has 162 valence electrons. The van der Waals surface area contributed by atoms with Crippen molar-refractivity contribution < 1.29 is 23.4 Å². The Bertz CT molecular complexity index is 1200. The fourth-order valence-electron chi connectivity index (χ4n) is 3.31. The first kappa shape index (κ1) is 20.9. The molecule has 8 heteroatoms.